The number of hydrogen-bond acceptors (Lipinski definition) is 6. The molecule has 6 nitrogen and oxygen atoms in total. The van der Waals surface area contributed by atoms with E-state index in [2.05, 4.69) is 9.72 Å². The molecule has 1 fully saturated rings. The summed E-state index contributed by atoms with van der Waals surface area (Å²) in [4.78, 5) is 19.7. The second-order valence-corrected chi connectivity index (χ2v) is 7.76. The Morgan fingerprint density at radius 2 is 1.86 bits per heavy atom. The molecule has 0 amide bonds. The maximum atomic E-state index is 13.1. The summed E-state index contributed by atoms with van der Waals surface area (Å²) in [5.74, 6) is 0.189. The quantitative estimate of drug-likeness (QED) is 0.694. The molecule has 1 saturated heterocycles. The molecule has 0 spiro atoms. The van der Waals surface area contributed by atoms with Crippen LogP contribution in [-0.2, 0) is 6.54 Å². The van der Waals surface area contributed by atoms with Crippen molar-refractivity contribution in [2.45, 2.75) is 31.9 Å². The summed E-state index contributed by atoms with van der Waals surface area (Å²) in [7, 11) is 0. The third-order valence-electron chi connectivity index (χ3n) is 4.79. The van der Waals surface area contributed by atoms with E-state index in [1.807, 2.05) is 4.90 Å². The molecule has 0 atom stereocenters. The molecule has 0 radical (unpaired) electrons. The Morgan fingerprint density at radius 3 is 2.52 bits per heavy atom. The summed E-state index contributed by atoms with van der Waals surface area (Å²) in [6.07, 6.45) is -3.95. The Kier molecular flexibility index (Phi) is 5.22. The average Bonchev–Trinajstić information content (AvgIpc) is 3.14. The van der Waals surface area contributed by atoms with Gasteiger partial charge in [-0.15, -0.1) is 24.5 Å². The molecular formula is C19H18F3N3O3S. The van der Waals surface area contributed by atoms with E-state index in [-0.39, 0.29) is 24.0 Å². The number of hydrogen-bond donors (Lipinski definition) is 1. The minimum Gasteiger partial charge on any atom is -0.406 e. The summed E-state index contributed by atoms with van der Waals surface area (Å²) in [5, 5.41) is 11.6. The van der Waals surface area contributed by atoms with Gasteiger partial charge in [0.05, 0.1) is 18.2 Å². The molecule has 0 aliphatic carbocycles. The fourth-order valence-electron chi connectivity index (χ4n) is 3.36. The van der Waals surface area contributed by atoms with Gasteiger partial charge in [0.1, 0.15) is 10.4 Å². The standard InChI is InChI=1S/C19H18F3N3O3S/c20-19(21,22)28-14-3-1-12(2-4-14)11-25-17(27)16-15(7-10-29-16)23-18(25)24-8-5-13(26)6-9-24/h1-4,7,10,13,26H,5-6,8-9,11H2. The Bertz CT molecular complexity index is 1050. The zero-order valence-electron chi connectivity index (χ0n) is 15.2. The van der Waals surface area contributed by atoms with Crippen LogP contribution in [0.2, 0.25) is 0 Å². The van der Waals surface area contributed by atoms with Gasteiger partial charge in [-0.1, -0.05) is 12.1 Å². The number of nitrogens with zero attached hydrogens (tertiary/aromatic N) is 3. The van der Waals surface area contributed by atoms with Gasteiger partial charge < -0.3 is 14.7 Å². The van der Waals surface area contributed by atoms with Crippen molar-refractivity contribution in [3.63, 3.8) is 0 Å². The molecule has 1 aliphatic heterocycles. The van der Waals surface area contributed by atoms with Gasteiger partial charge in [-0.2, -0.15) is 0 Å². The largest absolute Gasteiger partial charge is 0.573 e. The lowest BCUT2D eigenvalue weighted by Gasteiger charge is -2.32. The number of rotatable bonds is 4. The van der Waals surface area contributed by atoms with E-state index in [4.69, 9.17) is 0 Å². The van der Waals surface area contributed by atoms with Gasteiger partial charge in [0.25, 0.3) is 5.56 Å². The van der Waals surface area contributed by atoms with E-state index in [0.29, 0.717) is 47.7 Å². The number of alkyl halides is 3. The molecular weight excluding hydrogens is 407 g/mol. The summed E-state index contributed by atoms with van der Waals surface area (Å²) in [6.45, 7) is 1.31. The van der Waals surface area contributed by atoms with Gasteiger partial charge in [-0.05, 0) is 42.0 Å². The van der Waals surface area contributed by atoms with Crippen LogP contribution in [-0.4, -0.2) is 40.2 Å². The zero-order valence-corrected chi connectivity index (χ0v) is 16.0. The molecule has 4 rings (SSSR count). The molecule has 0 bridgehead atoms. The van der Waals surface area contributed by atoms with Crippen molar-refractivity contribution in [3.05, 3.63) is 51.6 Å². The SMILES string of the molecule is O=c1c2sccc2nc(N2CCC(O)CC2)n1Cc1ccc(OC(F)(F)F)cc1. The number of piperidine rings is 1. The van der Waals surface area contributed by atoms with E-state index in [0.717, 1.165) is 0 Å². The van der Waals surface area contributed by atoms with Crippen LogP contribution >= 0.6 is 11.3 Å². The lowest BCUT2D eigenvalue weighted by molar-refractivity contribution is -0.274. The van der Waals surface area contributed by atoms with Crippen molar-refractivity contribution in [1.29, 1.82) is 0 Å². The lowest BCUT2D eigenvalue weighted by Crippen LogP contribution is -2.40. The van der Waals surface area contributed by atoms with E-state index < -0.39 is 6.36 Å². The van der Waals surface area contributed by atoms with Gasteiger partial charge in [0.2, 0.25) is 5.95 Å². The first-order valence-corrected chi connectivity index (χ1v) is 9.94. The monoisotopic (exact) mass is 425 g/mol. The number of ether oxygens (including phenoxy) is 1. The normalized spacial score (nSPS) is 15.8. The highest BCUT2D eigenvalue weighted by Gasteiger charge is 2.31. The highest BCUT2D eigenvalue weighted by Crippen LogP contribution is 2.25. The van der Waals surface area contributed by atoms with Gasteiger partial charge in [-0.3, -0.25) is 9.36 Å². The van der Waals surface area contributed by atoms with Crippen LogP contribution in [0.25, 0.3) is 10.2 Å². The predicted octanol–water partition coefficient (Wildman–Crippen LogP) is 3.37. The summed E-state index contributed by atoms with van der Waals surface area (Å²) >= 11 is 1.30. The van der Waals surface area contributed by atoms with Gasteiger partial charge >= 0.3 is 6.36 Å². The first-order valence-electron chi connectivity index (χ1n) is 9.06. The van der Waals surface area contributed by atoms with Crippen LogP contribution in [0.3, 0.4) is 0 Å². The van der Waals surface area contributed by atoms with Crippen LogP contribution in [0, 0.1) is 0 Å². The molecule has 29 heavy (non-hydrogen) atoms. The number of aliphatic hydroxyl groups excluding tert-OH is 1. The molecule has 3 heterocycles. The van der Waals surface area contributed by atoms with Crippen molar-refractivity contribution < 1.29 is 23.0 Å². The molecule has 0 saturated carbocycles. The molecule has 154 valence electrons. The first-order chi connectivity index (χ1) is 13.8. The maximum absolute atomic E-state index is 13.1. The van der Waals surface area contributed by atoms with Crippen LogP contribution in [0.1, 0.15) is 18.4 Å². The molecule has 1 aromatic carbocycles. The number of benzene rings is 1. The Labute approximate surface area is 167 Å². The molecule has 3 aromatic rings. The van der Waals surface area contributed by atoms with Crippen molar-refractivity contribution in [2.24, 2.45) is 0 Å². The van der Waals surface area contributed by atoms with Crippen molar-refractivity contribution >= 4 is 27.5 Å². The van der Waals surface area contributed by atoms with Gasteiger partial charge in [0, 0.05) is 13.1 Å². The Balaban J connectivity index is 1.68. The van der Waals surface area contributed by atoms with E-state index in [1.165, 1.54) is 40.2 Å². The Hall–Kier alpha value is -2.59. The van der Waals surface area contributed by atoms with E-state index >= 15 is 0 Å². The van der Waals surface area contributed by atoms with E-state index in [1.54, 1.807) is 11.4 Å². The molecule has 1 aliphatic rings. The maximum Gasteiger partial charge on any atom is 0.573 e. The number of thiophene rings is 1. The van der Waals surface area contributed by atoms with Crippen molar-refractivity contribution in [2.75, 3.05) is 18.0 Å². The van der Waals surface area contributed by atoms with Crippen LogP contribution in [0.5, 0.6) is 5.75 Å². The second kappa shape index (κ2) is 7.68. The highest BCUT2D eigenvalue weighted by atomic mass is 32.1. The number of fused-ring (bicyclic) bond motifs is 1. The predicted molar refractivity (Wildman–Crippen MR) is 104 cm³/mol. The summed E-state index contributed by atoms with van der Waals surface area (Å²) in [6, 6.07) is 7.23. The third-order valence-corrected chi connectivity index (χ3v) is 5.68. The number of aromatic nitrogens is 2. The number of halogens is 3. The third kappa shape index (κ3) is 4.38. The summed E-state index contributed by atoms with van der Waals surface area (Å²) < 4.78 is 43.0. The molecule has 1 N–H and O–H groups in total. The molecule has 2 aromatic heterocycles. The van der Waals surface area contributed by atoms with E-state index in [9.17, 15) is 23.1 Å². The number of aliphatic hydroxyl groups is 1. The number of anilines is 1. The van der Waals surface area contributed by atoms with Gasteiger partial charge in [-0.25, -0.2) is 4.98 Å². The minimum atomic E-state index is -4.75. The average molecular weight is 425 g/mol. The fourth-order valence-corrected chi connectivity index (χ4v) is 4.14. The van der Waals surface area contributed by atoms with Crippen LogP contribution in [0.4, 0.5) is 19.1 Å². The lowest BCUT2D eigenvalue weighted by atomic mass is 10.1. The minimum absolute atomic E-state index is 0.167. The topological polar surface area (TPSA) is 67.6 Å². The fraction of sp³-hybridized carbons (Fsp3) is 0.368. The van der Waals surface area contributed by atoms with Crippen LogP contribution < -0.4 is 15.2 Å². The Morgan fingerprint density at radius 1 is 1.17 bits per heavy atom. The van der Waals surface area contributed by atoms with Gasteiger partial charge in [0.15, 0.2) is 0 Å². The first kappa shape index (κ1) is 19.7. The second-order valence-electron chi connectivity index (χ2n) is 6.85. The highest BCUT2D eigenvalue weighted by molar-refractivity contribution is 7.17. The van der Waals surface area contributed by atoms with Crippen molar-refractivity contribution in [3.8, 4) is 5.75 Å². The zero-order chi connectivity index (χ0) is 20.6. The molecule has 0 unspecified atom stereocenters. The smallest absolute Gasteiger partial charge is 0.406 e. The summed E-state index contributed by atoms with van der Waals surface area (Å²) in [5.41, 5.74) is 1.07. The van der Waals surface area contributed by atoms with Crippen molar-refractivity contribution in [1.82, 2.24) is 9.55 Å². The molecule has 10 heteroatoms. The van der Waals surface area contributed by atoms with Crippen LogP contribution in [0.15, 0.2) is 40.5 Å².